The number of nitrogens with two attached hydrogens (primary N) is 1. The molecule has 3 N–H and O–H groups in total. The number of methoxy groups -OCH3 is 1. The largest absolute Gasteiger partial charge is 0.497 e. The molecule has 0 saturated heterocycles. The summed E-state index contributed by atoms with van der Waals surface area (Å²) in [7, 11) is 1.55. The highest BCUT2D eigenvalue weighted by atomic mass is 79.9. The number of nitrogens with zero attached hydrogens (tertiary/aromatic N) is 1. The van der Waals surface area contributed by atoms with E-state index in [0.29, 0.717) is 17.1 Å². The normalized spacial score (nSPS) is 10.2. The van der Waals surface area contributed by atoms with E-state index in [4.69, 9.17) is 22.1 Å². The Hall–Kier alpha value is -1.79. The van der Waals surface area contributed by atoms with Crippen molar-refractivity contribution in [3.05, 3.63) is 45.7 Å². The van der Waals surface area contributed by atoms with E-state index in [9.17, 15) is 4.79 Å². The molecule has 0 saturated carbocycles. The van der Waals surface area contributed by atoms with Crippen molar-refractivity contribution in [1.82, 2.24) is 4.98 Å². The number of pyridine rings is 1. The Bertz CT molecular complexity index is 664. The average molecular weight is 357 g/mol. The number of nitrogen functional groups attached to an aromatic ring is 1. The van der Waals surface area contributed by atoms with E-state index >= 15 is 0 Å². The van der Waals surface area contributed by atoms with Crippen LogP contribution in [-0.4, -0.2) is 18.0 Å². The molecule has 0 radical (unpaired) electrons. The standard InChI is InChI=1S/C13H11BrClN3O2/c1-20-8-2-3-10(14)11(5-8)18-13(19)9-4-7(16)6-17-12(9)15/h2-6H,16H2,1H3,(H,18,19). The van der Waals surface area contributed by atoms with Gasteiger partial charge in [-0.05, 0) is 34.1 Å². The molecule has 1 heterocycles. The van der Waals surface area contributed by atoms with E-state index in [-0.39, 0.29) is 10.7 Å². The van der Waals surface area contributed by atoms with Gasteiger partial charge >= 0.3 is 0 Å². The summed E-state index contributed by atoms with van der Waals surface area (Å²) in [6, 6.07) is 6.71. The molecule has 104 valence electrons. The van der Waals surface area contributed by atoms with Crippen LogP contribution in [0.5, 0.6) is 5.75 Å². The lowest BCUT2D eigenvalue weighted by Gasteiger charge is -2.10. The van der Waals surface area contributed by atoms with Gasteiger partial charge in [-0.1, -0.05) is 11.6 Å². The minimum absolute atomic E-state index is 0.0933. The summed E-state index contributed by atoms with van der Waals surface area (Å²) in [5.74, 6) is 0.226. The molecule has 0 aliphatic heterocycles. The van der Waals surface area contributed by atoms with Crippen LogP contribution in [0.2, 0.25) is 5.15 Å². The monoisotopic (exact) mass is 355 g/mol. The van der Waals surface area contributed by atoms with Crippen molar-refractivity contribution in [3.8, 4) is 5.75 Å². The van der Waals surface area contributed by atoms with Crippen LogP contribution in [0.15, 0.2) is 34.9 Å². The van der Waals surface area contributed by atoms with Gasteiger partial charge in [0.05, 0.1) is 30.2 Å². The second-order valence-corrected chi connectivity index (χ2v) is 5.12. The van der Waals surface area contributed by atoms with Crippen LogP contribution < -0.4 is 15.8 Å². The van der Waals surface area contributed by atoms with Gasteiger partial charge in [0.15, 0.2) is 0 Å². The first-order valence-corrected chi connectivity index (χ1v) is 6.74. The topological polar surface area (TPSA) is 77.2 Å². The second-order valence-electron chi connectivity index (χ2n) is 3.91. The molecule has 0 bridgehead atoms. The van der Waals surface area contributed by atoms with Crippen molar-refractivity contribution in [2.45, 2.75) is 0 Å². The third kappa shape index (κ3) is 3.20. The summed E-state index contributed by atoms with van der Waals surface area (Å²) in [4.78, 5) is 16.0. The van der Waals surface area contributed by atoms with Crippen LogP contribution in [0.3, 0.4) is 0 Å². The maximum absolute atomic E-state index is 12.2. The van der Waals surface area contributed by atoms with E-state index in [0.717, 1.165) is 4.47 Å². The SMILES string of the molecule is COc1ccc(Br)c(NC(=O)c2cc(N)cnc2Cl)c1. The minimum atomic E-state index is -0.399. The summed E-state index contributed by atoms with van der Waals surface area (Å²) in [5, 5.41) is 2.82. The number of halogens is 2. The molecule has 1 aromatic carbocycles. The average Bonchev–Trinajstić information content (AvgIpc) is 2.43. The Morgan fingerprint density at radius 3 is 2.90 bits per heavy atom. The molecule has 2 rings (SSSR count). The summed E-state index contributed by atoms with van der Waals surface area (Å²) < 4.78 is 5.83. The lowest BCUT2D eigenvalue weighted by Crippen LogP contribution is -2.14. The molecular weight excluding hydrogens is 346 g/mol. The molecule has 1 aromatic heterocycles. The summed E-state index contributed by atoms with van der Waals surface area (Å²) in [5.41, 5.74) is 6.74. The van der Waals surface area contributed by atoms with E-state index < -0.39 is 5.91 Å². The molecule has 20 heavy (non-hydrogen) atoms. The third-order valence-corrected chi connectivity index (χ3v) is 3.52. The zero-order chi connectivity index (χ0) is 14.7. The van der Waals surface area contributed by atoms with E-state index in [1.54, 1.807) is 25.3 Å². The van der Waals surface area contributed by atoms with Crippen LogP contribution in [0, 0.1) is 0 Å². The van der Waals surface area contributed by atoms with Gasteiger partial charge in [0.25, 0.3) is 5.91 Å². The van der Waals surface area contributed by atoms with Gasteiger partial charge in [-0.25, -0.2) is 4.98 Å². The molecular formula is C13H11BrClN3O2. The number of carbonyl (C=O) groups is 1. The fourth-order valence-corrected chi connectivity index (χ4v) is 2.08. The highest BCUT2D eigenvalue weighted by molar-refractivity contribution is 9.10. The Balaban J connectivity index is 2.30. The molecule has 0 aliphatic carbocycles. The molecule has 1 amide bonds. The first-order valence-electron chi connectivity index (χ1n) is 5.57. The van der Waals surface area contributed by atoms with Crippen LogP contribution >= 0.6 is 27.5 Å². The zero-order valence-corrected chi connectivity index (χ0v) is 12.8. The molecule has 0 fully saturated rings. The highest BCUT2D eigenvalue weighted by Gasteiger charge is 2.14. The summed E-state index contributed by atoms with van der Waals surface area (Å²) >= 11 is 9.24. The van der Waals surface area contributed by atoms with Crippen molar-refractivity contribution < 1.29 is 9.53 Å². The number of hydrogen-bond acceptors (Lipinski definition) is 4. The number of hydrogen-bond donors (Lipinski definition) is 2. The van der Waals surface area contributed by atoms with E-state index in [1.807, 2.05) is 0 Å². The Kier molecular flexibility index (Phi) is 4.46. The number of aromatic nitrogens is 1. The number of carbonyl (C=O) groups excluding carboxylic acids is 1. The number of ether oxygens (including phenoxy) is 1. The van der Waals surface area contributed by atoms with Gasteiger partial charge in [0.1, 0.15) is 10.9 Å². The second kappa shape index (κ2) is 6.11. The van der Waals surface area contributed by atoms with Crippen molar-refractivity contribution in [2.24, 2.45) is 0 Å². The molecule has 2 aromatic rings. The van der Waals surface area contributed by atoms with Gasteiger partial charge in [-0.3, -0.25) is 4.79 Å². The van der Waals surface area contributed by atoms with Gasteiger partial charge in [-0.2, -0.15) is 0 Å². The number of amides is 1. The molecule has 0 unspecified atom stereocenters. The smallest absolute Gasteiger partial charge is 0.258 e. The number of anilines is 2. The van der Waals surface area contributed by atoms with Crippen LogP contribution in [0.1, 0.15) is 10.4 Å². The van der Waals surface area contributed by atoms with Gasteiger partial charge in [0, 0.05) is 10.5 Å². The van der Waals surface area contributed by atoms with Crippen LogP contribution in [0.25, 0.3) is 0 Å². The maximum atomic E-state index is 12.2. The van der Waals surface area contributed by atoms with Crippen molar-refractivity contribution in [1.29, 1.82) is 0 Å². The zero-order valence-electron chi connectivity index (χ0n) is 10.5. The lowest BCUT2D eigenvalue weighted by atomic mass is 10.2. The number of rotatable bonds is 3. The molecule has 0 spiro atoms. The number of nitrogens with one attached hydrogen (secondary N) is 1. The molecule has 0 aliphatic rings. The van der Waals surface area contributed by atoms with E-state index in [2.05, 4.69) is 26.2 Å². The minimum Gasteiger partial charge on any atom is -0.497 e. The quantitative estimate of drug-likeness (QED) is 0.827. The lowest BCUT2D eigenvalue weighted by molar-refractivity contribution is 0.102. The van der Waals surface area contributed by atoms with E-state index in [1.165, 1.54) is 12.3 Å². The highest BCUT2D eigenvalue weighted by Crippen LogP contribution is 2.28. The third-order valence-electron chi connectivity index (χ3n) is 2.53. The fourth-order valence-electron chi connectivity index (χ4n) is 1.54. The van der Waals surface area contributed by atoms with Crippen molar-refractivity contribution in [3.63, 3.8) is 0 Å². The predicted molar refractivity (Wildman–Crippen MR) is 82.3 cm³/mol. The number of benzene rings is 1. The van der Waals surface area contributed by atoms with Crippen molar-refractivity contribution >= 4 is 44.8 Å². The van der Waals surface area contributed by atoms with Gasteiger partial charge < -0.3 is 15.8 Å². The van der Waals surface area contributed by atoms with Crippen LogP contribution in [0.4, 0.5) is 11.4 Å². The Morgan fingerprint density at radius 1 is 1.45 bits per heavy atom. The molecule has 0 atom stereocenters. The molecule has 5 nitrogen and oxygen atoms in total. The maximum Gasteiger partial charge on any atom is 0.258 e. The predicted octanol–water partition coefficient (Wildman–Crippen LogP) is 3.34. The first-order chi connectivity index (χ1) is 9.51. The van der Waals surface area contributed by atoms with Gasteiger partial charge in [0.2, 0.25) is 0 Å². The van der Waals surface area contributed by atoms with Crippen LogP contribution in [-0.2, 0) is 0 Å². The fraction of sp³-hybridized carbons (Fsp3) is 0.0769. The first kappa shape index (κ1) is 14.6. The van der Waals surface area contributed by atoms with Gasteiger partial charge in [-0.15, -0.1) is 0 Å². The van der Waals surface area contributed by atoms with Crippen molar-refractivity contribution in [2.75, 3.05) is 18.2 Å². The Labute approximate surface area is 129 Å². The molecule has 7 heteroatoms. The summed E-state index contributed by atoms with van der Waals surface area (Å²) in [6.07, 6.45) is 1.39. The Morgan fingerprint density at radius 2 is 2.20 bits per heavy atom. The summed E-state index contributed by atoms with van der Waals surface area (Å²) in [6.45, 7) is 0.